The minimum atomic E-state index is -0.472. The van der Waals surface area contributed by atoms with Gasteiger partial charge in [0.15, 0.2) is 0 Å². The van der Waals surface area contributed by atoms with Crippen LogP contribution in [-0.2, 0) is 16.0 Å². The van der Waals surface area contributed by atoms with Gasteiger partial charge in [0.1, 0.15) is 12.4 Å². The normalized spacial score (nSPS) is 19.4. The second-order valence-corrected chi connectivity index (χ2v) is 10.2. The lowest BCUT2D eigenvalue weighted by Crippen LogP contribution is -2.48. The molecular weight excluding hydrogens is 463 g/mol. The zero-order chi connectivity index (χ0) is 24.4. The molecule has 5 nitrogen and oxygen atoms in total. The Balaban J connectivity index is 1.44. The van der Waals surface area contributed by atoms with E-state index in [1.54, 1.807) is 17.4 Å². The SMILES string of the molecule is Cc1ccccc1C1c2ccsc2CCN1C(=O)CN(CC1CCCO1)C(=O)c1cccc(F)c1. The van der Waals surface area contributed by atoms with E-state index in [0.29, 0.717) is 19.7 Å². The predicted octanol–water partition coefficient (Wildman–Crippen LogP) is 4.99. The summed E-state index contributed by atoms with van der Waals surface area (Å²) in [7, 11) is 0. The third kappa shape index (κ3) is 5.02. The highest BCUT2D eigenvalue weighted by Crippen LogP contribution is 2.39. The first-order valence-corrected chi connectivity index (χ1v) is 13.0. The standard InChI is InChI=1S/C28H29FN2O3S/c1-19-6-2-3-10-23(19)27-24-12-15-35-25(24)11-13-31(27)26(32)18-30(17-22-9-5-14-34-22)28(33)20-7-4-8-21(29)16-20/h2-4,6-8,10,12,15-16,22,27H,5,9,11,13-14,17-18H2,1H3. The topological polar surface area (TPSA) is 49.9 Å². The van der Waals surface area contributed by atoms with E-state index in [4.69, 9.17) is 4.74 Å². The molecule has 0 spiro atoms. The molecule has 1 fully saturated rings. The largest absolute Gasteiger partial charge is 0.376 e. The third-order valence-corrected chi connectivity index (χ3v) is 7.90. The summed E-state index contributed by atoms with van der Waals surface area (Å²) in [5, 5.41) is 2.08. The van der Waals surface area contributed by atoms with Crippen LogP contribution in [0.5, 0.6) is 0 Å². The summed E-state index contributed by atoms with van der Waals surface area (Å²) >= 11 is 1.73. The molecular formula is C28H29FN2O3S. The first kappa shape index (κ1) is 23.7. The highest BCUT2D eigenvalue weighted by molar-refractivity contribution is 7.10. The molecule has 0 bridgehead atoms. The van der Waals surface area contributed by atoms with Crippen molar-refractivity contribution in [3.63, 3.8) is 0 Å². The molecule has 0 N–H and O–H groups in total. The average molecular weight is 493 g/mol. The Morgan fingerprint density at radius 2 is 2.00 bits per heavy atom. The van der Waals surface area contributed by atoms with Crippen LogP contribution >= 0.6 is 11.3 Å². The predicted molar refractivity (Wildman–Crippen MR) is 134 cm³/mol. The number of nitrogens with zero attached hydrogens (tertiary/aromatic N) is 2. The zero-order valence-electron chi connectivity index (χ0n) is 19.8. The molecule has 5 rings (SSSR count). The summed E-state index contributed by atoms with van der Waals surface area (Å²) < 4.78 is 19.6. The second-order valence-electron chi connectivity index (χ2n) is 9.23. The van der Waals surface area contributed by atoms with Crippen LogP contribution in [0, 0.1) is 12.7 Å². The fraction of sp³-hybridized carbons (Fsp3) is 0.357. The van der Waals surface area contributed by atoms with E-state index in [2.05, 4.69) is 30.5 Å². The Morgan fingerprint density at radius 3 is 2.77 bits per heavy atom. The average Bonchev–Trinajstić information content (AvgIpc) is 3.55. The summed E-state index contributed by atoms with van der Waals surface area (Å²) in [6.07, 6.45) is 2.46. The van der Waals surface area contributed by atoms with Crippen LogP contribution < -0.4 is 0 Å². The van der Waals surface area contributed by atoms with Gasteiger partial charge >= 0.3 is 0 Å². The van der Waals surface area contributed by atoms with Crippen molar-refractivity contribution in [2.45, 2.75) is 38.3 Å². The van der Waals surface area contributed by atoms with E-state index >= 15 is 0 Å². The fourth-order valence-corrected chi connectivity index (χ4v) is 6.03. The number of thiophene rings is 1. The number of carbonyl (C=O) groups is 2. The lowest BCUT2D eigenvalue weighted by molar-refractivity contribution is -0.134. The van der Waals surface area contributed by atoms with Crippen molar-refractivity contribution in [1.29, 1.82) is 0 Å². The Hall–Kier alpha value is -3.03. The molecule has 35 heavy (non-hydrogen) atoms. The van der Waals surface area contributed by atoms with Gasteiger partial charge < -0.3 is 14.5 Å². The second kappa shape index (κ2) is 10.3. The van der Waals surface area contributed by atoms with Gasteiger partial charge in [-0.15, -0.1) is 11.3 Å². The molecule has 0 saturated carbocycles. The lowest BCUT2D eigenvalue weighted by Gasteiger charge is -2.38. The van der Waals surface area contributed by atoms with Gasteiger partial charge in [-0.2, -0.15) is 0 Å². The number of aryl methyl sites for hydroxylation is 1. The quantitative estimate of drug-likeness (QED) is 0.487. The number of hydrogen-bond donors (Lipinski definition) is 0. The monoisotopic (exact) mass is 492 g/mol. The maximum atomic E-state index is 13.9. The van der Waals surface area contributed by atoms with E-state index in [-0.39, 0.29) is 36.1 Å². The van der Waals surface area contributed by atoms with Crippen LogP contribution in [0.2, 0.25) is 0 Å². The number of hydrogen-bond acceptors (Lipinski definition) is 4. The van der Waals surface area contributed by atoms with Crippen LogP contribution in [0.15, 0.2) is 60.0 Å². The van der Waals surface area contributed by atoms with Gasteiger partial charge in [-0.1, -0.05) is 30.3 Å². The van der Waals surface area contributed by atoms with Crippen LogP contribution in [-0.4, -0.2) is 54.0 Å². The van der Waals surface area contributed by atoms with Crippen molar-refractivity contribution >= 4 is 23.2 Å². The van der Waals surface area contributed by atoms with Gasteiger partial charge in [0.05, 0.1) is 12.1 Å². The van der Waals surface area contributed by atoms with Crippen molar-refractivity contribution in [3.05, 3.63) is 92.9 Å². The molecule has 3 heterocycles. The van der Waals surface area contributed by atoms with Gasteiger partial charge in [0.2, 0.25) is 5.91 Å². The van der Waals surface area contributed by atoms with Crippen molar-refractivity contribution in [2.75, 3.05) is 26.2 Å². The van der Waals surface area contributed by atoms with Crippen LogP contribution in [0.1, 0.15) is 50.8 Å². The van der Waals surface area contributed by atoms with Gasteiger partial charge in [0.25, 0.3) is 5.91 Å². The van der Waals surface area contributed by atoms with Crippen LogP contribution in [0.3, 0.4) is 0 Å². The molecule has 3 aromatic rings. The van der Waals surface area contributed by atoms with E-state index in [1.807, 2.05) is 17.0 Å². The van der Waals surface area contributed by atoms with Crippen molar-refractivity contribution < 1.29 is 18.7 Å². The highest BCUT2D eigenvalue weighted by Gasteiger charge is 2.35. The lowest BCUT2D eigenvalue weighted by atomic mass is 9.90. The number of ether oxygens (including phenoxy) is 1. The Bertz CT molecular complexity index is 1220. The number of fused-ring (bicyclic) bond motifs is 1. The molecule has 182 valence electrons. The molecule has 2 aliphatic rings. The first-order chi connectivity index (χ1) is 17.0. The maximum Gasteiger partial charge on any atom is 0.254 e. The number of rotatable bonds is 6. The molecule has 2 amide bonds. The van der Waals surface area contributed by atoms with E-state index in [1.165, 1.54) is 28.0 Å². The number of halogens is 1. The van der Waals surface area contributed by atoms with Gasteiger partial charge in [-0.25, -0.2) is 4.39 Å². The van der Waals surface area contributed by atoms with Gasteiger partial charge in [-0.05, 0) is 72.5 Å². The fourth-order valence-electron chi connectivity index (χ4n) is 5.13. The van der Waals surface area contributed by atoms with E-state index in [0.717, 1.165) is 36.0 Å². The number of amides is 2. The Labute approximate surface area is 209 Å². The summed E-state index contributed by atoms with van der Waals surface area (Å²) in [5.74, 6) is -0.938. The summed E-state index contributed by atoms with van der Waals surface area (Å²) in [6.45, 7) is 3.55. The molecule has 2 aromatic carbocycles. The van der Waals surface area contributed by atoms with E-state index < -0.39 is 5.82 Å². The first-order valence-electron chi connectivity index (χ1n) is 12.1. The van der Waals surface area contributed by atoms with Crippen molar-refractivity contribution in [3.8, 4) is 0 Å². The zero-order valence-corrected chi connectivity index (χ0v) is 20.6. The molecule has 1 saturated heterocycles. The molecule has 2 unspecified atom stereocenters. The van der Waals surface area contributed by atoms with Gasteiger partial charge in [-0.3, -0.25) is 9.59 Å². The molecule has 0 aliphatic carbocycles. The summed E-state index contributed by atoms with van der Waals surface area (Å²) in [4.78, 5) is 32.0. The summed E-state index contributed by atoms with van der Waals surface area (Å²) in [5.41, 5.74) is 3.62. The van der Waals surface area contributed by atoms with E-state index in [9.17, 15) is 14.0 Å². The van der Waals surface area contributed by atoms with Crippen LogP contribution in [0.25, 0.3) is 0 Å². The third-order valence-electron chi connectivity index (χ3n) is 6.90. The summed E-state index contributed by atoms with van der Waals surface area (Å²) in [6, 6.07) is 15.7. The molecule has 0 radical (unpaired) electrons. The maximum absolute atomic E-state index is 13.9. The number of benzene rings is 2. The Kier molecular flexibility index (Phi) is 6.97. The molecule has 2 aliphatic heterocycles. The molecule has 2 atom stereocenters. The van der Waals surface area contributed by atoms with Crippen molar-refractivity contribution in [1.82, 2.24) is 9.80 Å². The molecule has 7 heteroatoms. The number of carbonyl (C=O) groups excluding carboxylic acids is 2. The van der Waals surface area contributed by atoms with Crippen LogP contribution in [0.4, 0.5) is 4.39 Å². The highest BCUT2D eigenvalue weighted by atomic mass is 32.1. The molecule has 1 aromatic heterocycles. The minimum Gasteiger partial charge on any atom is -0.376 e. The smallest absolute Gasteiger partial charge is 0.254 e. The minimum absolute atomic E-state index is 0.0724. The Morgan fingerprint density at radius 1 is 1.14 bits per heavy atom. The van der Waals surface area contributed by atoms with Gasteiger partial charge in [0, 0.05) is 30.1 Å². The van der Waals surface area contributed by atoms with Crippen molar-refractivity contribution in [2.24, 2.45) is 0 Å².